The lowest BCUT2D eigenvalue weighted by molar-refractivity contribution is 0.0946. The highest BCUT2D eigenvalue weighted by Gasteiger charge is 2.38. The number of terminal acetylenes is 1. The number of hydrogen-bond acceptors (Lipinski definition) is 6. The summed E-state index contributed by atoms with van der Waals surface area (Å²) in [7, 11) is 2.12. The number of benzene rings is 1. The van der Waals surface area contributed by atoms with Crippen LogP contribution in [0.4, 0.5) is 0 Å². The van der Waals surface area contributed by atoms with E-state index in [0.717, 1.165) is 37.3 Å². The van der Waals surface area contributed by atoms with E-state index in [1.165, 1.54) is 11.1 Å². The summed E-state index contributed by atoms with van der Waals surface area (Å²) in [6.45, 7) is 4.27. The van der Waals surface area contributed by atoms with Gasteiger partial charge in [0.2, 0.25) is 0 Å². The molecule has 0 unspecified atom stereocenters. The Bertz CT molecular complexity index is 995. The van der Waals surface area contributed by atoms with E-state index in [2.05, 4.69) is 49.8 Å². The van der Waals surface area contributed by atoms with Gasteiger partial charge in [-0.2, -0.15) is 10.2 Å². The zero-order chi connectivity index (χ0) is 20.4. The minimum atomic E-state index is -0.400. The highest BCUT2D eigenvalue weighted by Crippen LogP contribution is 2.36. The average Bonchev–Trinajstić information content (AvgIpc) is 3.38. The lowest BCUT2D eigenvalue weighted by Gasteiger charge is -2.26. The Kier molecular flexibility index (Phi) is 5.16. The summed E-state index contributed by atoms with van der Waals surface area (Å²) >= 11 is 0. The number of likely N-dealkylation sites (N-methyl/N-ethyl adjacent to an activating group) is 1. The second kappa shape index (κ2) is 7.76. The maximum Gasteiger partial charge on any atom is 0.273 e. The molecular weight excluding hydrogens is 366 g/mol. The summed E-state index contributed by atoms with van der Waals surface area (Å²) in [6.07, 6.45) is 8.27. The maximum atomic E-state index is 12.6. The molecule has 0 spiro atoms. The first-order valence-corrected chi connectivity index (χ1v) is 9.91. The Morgan fingerprint density at radius 1 is 1.34 bits per heavy atom. The van der Waals surface area contributed by atoms with Crippen molar-refractivity contribution in [3.05, 3.63) is 40.7 Å². The van der Waals surface area contributed by atoms with Gasteiger partial charge in [-0.25, -0.2) is 4.68 Å². The van der Waals surface area contributed by atoms with Gasteiger partial charge in [0, 0.05) is 38.9 Å². The first-order chi connectivity index (χ1) is 14.0. The monoisotopic (exact) mass is 391 g/mol. The molecule has 1 aromatic heterocycles. The highest BCUT2D eigenvalue weighted by atomic mass is 16.2. The Hall–Kier alpha value is -3.05. The van der Waals surface area contributed by atoms with Gasteiger partial charge in [-0.1, -0.05) is 17.3 Å². The van der Waals surface area contributed by atoms with Crippen molar-refractivity contribution in [1.82, 2.24) is 25.2 Å². The zero-order valence-corrected chi connectivity index (χ0v) is 16.9. The molecular formula is C21H25N7O. The van der Waals surface area contributed by atoms with Gasteiger partial charge in [-0.3, -0.25) is 4.79 Å². The number of aromatic nitrogens is 3. The normalized spacial score (nSPS) is 16.9. The molecule has 1 aromatic carbocycles. The largest absolute Gasteiger partial charge is 0.350 e. The fraction of sp³-hybridized carbons (Fsp3) is 0.476. The number of carbonyl (C=O) groups is 1. The van der Waals surface area contributed by atoms with Crippen LogP contribution in [-0.4, -0.2) is 51.6 Å². The number of fused-ring (bicyclic) bond motifs is 1. The number of nitrogens with one attached hydrogen (secondary N) is 1. The van der Waals surface area contributed by atoms with Gasteiger partial charge in [0.1, 0.15) is 0 Å². The van der Waals surface area contributed by atoms with E-state index < -0.39 is 5.66 Å². The highest BCUT2D eigenvalue weighted by molar-refractivity contribution is 5.93. The van der Waals surface area contributed by atoms with Gasteiger partial charge in [0.15, 0.2) is 11.4 Å². The summed E-state index contributed by atoms with van der Waals surface area (Å²) in [5, 5.41) is 19.5. The summed E-state index contributed by atoms with van der Waals surface area (Å²) < 4.78 is 1.78. The van der Waals surface area contributed by atoms with E-state index in [-0.39, 0.29) is 5.91 Å². The van der Waals surface area contributed by atoms with Gasteiger partial charge < -0.3 is 10.2 Å². The molecule has 2 aliphatic heterocycles. The number of carbonyl (C=O) groups excluding carboxylic acids is 1. The molecule has 2 aromatic rings. The molecule has 1 amide bonds. The first-order valence-electron chi connectivity index (χ1n) is 9.91. The van der Waals surface area contributed by atoms with E-state index >= 15 is 0 Å². The van der Waals surface area contributed by atoms with Crippen molar-refractivity contribution >= 4 is 5.91 Å². The minimum absolute atomic E-state index is 0.231. The molecule has 29 heavy (non-hydrogen) atoms. The second-order valence-electron chi connectivity index (χ2n) is 7.73. The molecule has 0 saturated heterocycles. The van der Waals surface area contributed by atoms with E-state index in [0.29, 0.717) is 25.1 Å². The Morgan fingerprint density at radius 3 is 2.93 bits per heavy atom. The molecule has 8 heteroatoms. The van der Waals surface area contributed by atoms with Gasteiger partial charge in [-0.05, 0) is 37.6 Å². The summed E-state index contributed by atoms with van der Waals surface area (Å²) in [5.74, 6) is 2.38. The second-order valence-corrected chi connectivity index (χ2v) is 7.73. The zero-order valence-electron chi connectivity index (χ0n) is 16.9. The predicted molar refractivity (Wildman–Crippen MR) is 109 cm³/mol. The molecule has 0 bridgehead atoms. The molecule has 1 N–H and O–H groups in total. The van der Waals surface area contributed by atoms with Gasteiger partial charge in [0.05, 0.1) is 11.4 Å². The van der Waals surface area contributed by atoms with E-state index in [9.17, 15) is 4.79 Å². The third kappa shape index (κ3) is 3.91. The minimum Gasteiger partial charge on any atom is -0.350 e. The molecule has 8 nitrogen and oxygen atoms in total. The summed E-state index contributed by atoms with van der Waals surface area (Å²) in [4.78, 5) is 14.9. The van der Waals surface area contributed by atoms with Crippen LogP contribution in [0.5, 0.6) is 0 Å². The summed E-state index contributed by atoms with van der Waals surface area (Å²) in [6, 6.07) is 6.23. The topological polar surface area (TPSA) is 87.8 Å². The smallest absolute Gasteiger partial charge is 0.273 e. The van der Waals surface area contributed by atoms with E-state index in [1.807, 2.05) is 19.1 Å². The molecule has 0 atom stereocenters. The van der Waals surface area contributed by atoms with Crippen LogP contribution in [0.3, 0.4) is 0 Å². The third-order valence-corrected chi connectivity index (χ3v) is 5.63. The van der Waals surface area contributed by atoms with Crippen molar-refractivity contribution < 1.29 is 4.79 Å². The SMILES string of the molecule is C#CCCC1(CCNC(=O)c2nnn(-c3cccc4c3CCN(C)C4)c2C)N=N1. The van der Waals surface area contributed by atoms with Crippen LogP contribution in [0.15, 0.2) is 28.4 Å². The van der Waals surface area contributed by atoms with Crippen molar-refractivity contribution in [2.75, 3.05) is 20.1 Å². The Balaban J connectivity index is 1.45. The van der Waals surface area contributed by atoms with Gasteiger partial charge in [-0.15, -0.1) is 17.4 Å². The first kappa shape index (κ1) is 19.3. The predicted octanol–water partition coefficient (Wildman–Crippen LogP) is 2.26. The quantitative estimate of drug-likeness (QED) is 0.734. The standard InChI is InChI=1S/C21H25N7O/c1-4-5-10-21(24-25-21)11-12-22-20(29)19-15(2)28(26-23-19)18-8-6-7-16-14-27(3)13-9-17(16)18/h1,6-8H,5,9-14H2,2-3H3,(H,22,29). The van der Waals surface area contributed by atoms with Crippen LogP contribution in [0.2, 0.25) is 0 Å². The summed E-state index contributed by atoms with van der Waals surface area (Å²) in [5.41, 5.74) is 4.26. The van der Waals surface area contributed by atoms with Crippen molar-refractivity contribution in [2.24, 2.45) is 10.2 Å². The lowest BCUT2D eigenvalue weighted by atomic mass is 9.98. The number of amides is 1. The molecule has 2 aliphatic rings. The van der Waals surface area contributed by atoms with Crippen molar-refractivity contribution in [3.63, 3.8) is 0 Å². The Labute approximate surface area is 170 Å². The fourth-order valence-electron chi connectivity index (χ4n) is 3.82. The molecule has 0 radical (unpaired) electrons. The van der Waals surface area contributed by atoms with Crippen LogP contribution >= 0.6 is 0 Å². The molecule has 4 rings (SSSR count). The lowest BCUT2D eigenvalue weighted by Crippen LogP contribution is -2.29. The van der Waals surface area contributed by atoms with Crippen molar-refractivity contribution in [3.8, 4) is 18.0 Å². The fourth-order valence-corrected chi connectivity index (χ4v) is 3.82. The molecule has 150 valence electrons. The molecule has 0 saturated carbocycles. The van der Waals surface area contributed by atoms with Crippen LogP contribution in [0.1, 0.15) is 46.6 Å². The number of rotatable bonds is 7. The Morgan fingerprint density at radius 2 is 2.17 bits per heavy atom. The van der Waals surface area contributed by atoms with Crippen molar-refractivity contribution in [2.45, 2.75) is 44.8 Å². The van der Waals surface area contributed by atoms with Crippen LogP contribution in [0, 0.1) is 19.3 Å². The molecule has 0 aliphatic carbocycles. The maximum absolute atomic E-state index is 12.6. The molecule has 0 fully saturated rings. The van der Waals surface area contributed by atoms with E-state index in [4.69, 9.17) is 6.42 Å². The van der Waals surface area contributed by atoms with Crippen LogP contribution in [0.25, 0.3) is 5.69 Å². The van der Waals surface area contributed by atoms with Crippen LogP contribution < -0.4 is 5.32 Å². The van der Waals surface area contributed by atoms with Gasteiger partial charge >= 0.3 is 0 Å². The third-order valence-electron chi connectivity index (χ3n) is 5.63. The number of hydrogen-bond donors (Lipinski definition) is 1. The van der Waals surface area contributed by atoms with E-state index in [1.54, 1.807) is 4.68 Å². The molecule has 3 heterocycles. The van der Waals surface area contributed by atoms with Crippen molar-refractivity contribution in [1.29, 1.82) is 0 Å². The van der Waals surface area contributed by atoms with Gasteiger partial charge in [0.25, 0.3) is 5.91 Å². The number of nitrogens with zero attached hydrogens (tertiary/aromatic N) is 6. The average molecular weight is 391 g/mol. The van der Waals surface area contributed by atoms with Crippen LogP contribution in [-0.2, 0) is 13.0 Å².